The lowest BCUT2D eigenvalue weighted by Crippen LogP contribution is -2.18. The summed E-state index contributed by atoms with van der Waals surface area (Å²) < 4.78 is 59.1. The summed E-state index contributed by atoms with van der Waals surface area (Å²) in [6.45, 7) is 1.19. The summed E-state index contributed by atoms with van der Waals surface area (Å²) in [7, 11) is 0. The second-order valence-corrected chi connectivity index (χ2v) is 6.98. The smallest absolute Gasteiger partial charge is 0.308 e. The quantitative estimate of drug-likeness (QED) is 0.336. The molecule has 3 N–H and O–H groups in total. The number of rotatable bonds is 7. The van der Waals surface area contributed by atoms with Gasteiger partial charge in [0, 0.05) is 19.5 Å². The molecule has 1 heterocycles. The summed E-state index contributed by atoms with van der Waals surface area (Å²) in [6, 6.07) is 2.68. The van der Waals surface area contributed by atoms with E-state index in [4.69, 9.17) is 13.7 Å². The van der Waals surface area contributed by atoms with Crippen LogP contribution in [0, 0.1) is 11.6 Å². The molecule has 1 aromatic heterocycles. The van der Waals surface area contributed by atoms with Gasteiger partial charge in [0.1, 0.15) is 11.6 Å². The summed E-state index contributed by atoms with van der Waals surface area (Å²) in [4.78, 5) is 10.7. The van der Waals surface area contributed by atoms with Crippen LogP contribution in [0.15, 0.2) is 22.6 Å². The number of hydrogen-bond acceptors (Lipinski definition) is 5. The van der Waals surface area contributed by atoms with E-state index in [1.807, 2.05) is 0 Å². The van der Waals surface area contributed by atoms with Gasteiger partial charge >= 0.3 is 5.97 Å². The highest BCUT2D eigenvalue weighted by Gasteiger charge is 2.29. The zero-order chi connectivity index (χ0) is 19.4. The SMILES string of the molecule is CC(=O)Oc1c(C(Br)CCNS(=O)O)oc(-c2ccc(F)cc2F)c1O. The number of esters is 1. The molecule has 2 rings (SSSR count). The lowest BCUT2D eigenvalue weighted by molar-refractivity contribution is -0.132. The maximum Gasteiger partial charge on any atom is 0.308 e. The molecule has 0 spiro atoms. The van der Waals surface area contributed by atoms with E-state index >= 15 is 0 Å². The number of ether oxygens (including phenoxy) is 1. The van der Waals surface area contributed by atoms with Crippen LogP contribution in [0.2, 0.25) is 0 Å². The molecule has 26 heavy (non-hydrogen) atoms. The van der Waals surface area contributed by atoms with Gasteiger partial charge < -0.3 is 14.3 Å². The van der Waals surface area contributed by atoms with Crippen LogP contribution in [-0.4, -0.2) is 26.4 Å². The van der Waals surface area contributed by atoms with Crippen molar-refractivity contribution in [3.8, 4) is 22.8 Å². The summed E-state index contributed by atoms with van der Waals surface area (Å²) in [5.74, 6) is -3.83. The molecule has 142 valence electrons. The molecule has 0 saturated carbocycles. The molecular formula is C15H14BrF2NO6S. The van der Waals surface area contributed by atoms with E-state index in [-0.39, 0.29) is 35.8 Å². The van der Waals surface area contributed by atoms with Crippen molar-refractivity contribution >= 4 is 33.2 Å². The van der Waals surface area contributed by atoms with Gasteiger partial charge in [-0.05, 0) is 18.6 Å². The third-order valence-electron chi connectivity index (χ3n) is 3.20. The number of benzene rings is 1. The van der Waals surface area contributed by atoms with Crippen molar-refractivity contribution in [2.24, 2.45) is 0 Å². The van der Waals surface area contributed by atoms with Crippen molar-refractivity contribution in [2.75, 3.05) is 6.54 Å². The highest BCUT2D eigenvalue weighted by Crippen LogP contribution is 2.48. The van der Waals surface area contributed by atoms with Gasteiger partial charge in [-0.1, -0.05) is 15.9 Å². The summed E-state index contributed by atoms with van der Waals surface area (Å²) in [5.41, 5.74) is -0.224. The largest absolute Gasteiger partial charge is 0.502 e. The first-order chi connectivity index (χ1) is 12.2. The second kappa shape index (κ2) is 8.71. The third-order valence-corrected chi connectivity index (χ3v) is 4.52. The van der Waals surface area contributed by atoms with Crippen LogP contribution in [0.5, 0.6) is 11.5 Å². The molecule has 2 atom stereocenters. The zero-order valence-electron chi connectivity index (χ0n) is 13.3. The van der Waals surface area contributed by atoms with Gasteiger partial charge in [-0.25, -0.2) is 17.7 Å². The maximum absolute atomic E-state index is 14.0. The minimum Gasteiger partial charge on any atom is -0.502 e. The van der Waals surface area contributed by atoms with Crippen molar-refractivity contribution < 1.29 is 36.6 Å². The molecule has 0 aliphatic carbocycles. The topological polar surface area (TPSA) is 109 Å². The van der Waals surface area contributed by atoms with Crippen LogP contribution in [-0.2, 0) is 16.1 Å². The second-order valence-electron chi connectivity index (χ2n) is 5.09. The Kier molecular flexibility index (Phi) is 6.87. The number of nitrogens with one attached hydrogen (secondary N) is 1. The summed E-state index contributed by atoms with van der Waals surface area (Å²) in [6.07, 6.45) is 0.207. The van der Waals surface area contributed by atoms with E-state index < -0.39 is 39.4 Å². The lowest BCUT2D eigenvalue weighted by Gasteiger charge is -2.08. The normalized spacial score (nSPS) is 13.4. The minimum atomic E-state index is -2.21. The fourth-order valence-electron chi connectivity index (χ4n) is 2.13. The number of carbonyl (C=O) groups excluding carboxylic acids is 1. The van der Waals surface area contributed by atoms with Gasteiger partial charge in [0.2, 0.25) is 22.8 Å². The Bertz CT molecular complexity index is 844. The molecule has 1 aromatic carbocycles. The van der Waals surface area contributed by atoms with E-state index in [1.165, 1.54) is 0 Å². The molecule has 0 saturated heterocycles. The van der Waals surface area contributed by atoms with Crippen molar-refractivity contribution in [3.05, 3.63) is 35.6 Å². The Morgan fingerprint density at radius 3 is 2.73 bits per heavy atom. The number of furan rings is 1. The molecule has 0 radical (unpaired) electrons. The average Bonchev–Trinajstić information content (AvgIpc) is 2.84. The molecule has 0 aliphatic rings. The molecule has 2 unspecified atom stereocenters. The first-order valence-electron chi connectivity index (χ1n) is 7.18. The fraction of sp³-hybridized carbons (Fsp3) is 0.267. The van der Waals surface area contributed by atoms with Crippen molar-refractivity contribution in [2.45, 2.75) is 18.2 Å². The first kappa shape index (κ1) is 20.5. The van der Waals surface area contributed by atoms with Crippen molar-refractivity contribution in [3.63, 3.8) is 0 Å². The zero-order valence-corrected chi connectivity index (χ0v) is 15.7. The predicted octanol–water partition coefficient (Wildman–Crippen LogP) is 3.41. The molecule has 0 fully saturated rings. The van der Waals surface area contributed by atoms with Crippen LogP contribution < -0.4 is 9.46 Å². The highest BCUT2D eigenvalue weighted by molar-refractivity contribution is 9.09. The molecule has 7 nitrogen and oxygen atoms in total. The molecule has 0 amide bonds. The van der Waals surface area contributed by atoms with Gasteiger partial charge in [-0.2, -0.15) is 0 Å². The maximum atomic E-state index is 14.0. The number of carbonyl (C=O) groups is 1. The van der Waals surface area contributed by atoms with Crippen molar-refractivity contribution in [1.82, 2.24) is 4.72 Å². The van der Waals surface area contributed by atoms with Crippen LogP contribution in [0.1, 0.15) is 23.9 Å². The van der Waals surface area contributed by atoms with E-state index in [0.29, 0.717) is 6.07 Å². The number of alkyl halides is 1. The molecule has 11 heteroatoms. The van der Waals surface area contributed by atoms with E-state index in [0.717, 1.165) is 19.1 Å². The third kappa shape index (κ3) is 4.87. The highest BCUT2D eigenvalue weighted by atomic mass is 79.9. The standard InChI is InChI=1S/C15H14BrF2NO6S/c1-7(20)24-15-12(21)13(9-3-2-8(17)6-11(9)18)25-14(15)10(16)4-5-19-26(22)23/h2-3,6,10,19,21H,4-5H2,1H3,(H,22,23). The van der Waals surface area contributed by atoms with E-state index in [1.54, 1.807) is 0 Å². The Hall–Kier alpha value is -1.82. The number of halogens is 3. The van der Waals surface area contributed by atoms with Gasteiger partial charge in [-0.3, -0.25) is 9.35 Å². The average molecular weight is 454 g/mol. The fourth-order valence-corrected chi connectivity index (χ4v) is 2.96. The Labute approximate surface area is 157 Å². The molecular weight excluding hydrogens is 440 g/mol. The predicted molar refractivity (Wildman–Crippen MR) is 92.1 cm³/mol. The van der Waals surface area contributed by atoms with Gasteiger partial charge in [0.25, 0.3) is 0 Å². The van der Waals surface area contributed by atoms with Gasteiger partial charge in [0.15, 0.2) is 11.5 Å². The van der Waals surface area contributed by atoms with Crippen molar-refractivity contribution in [1.29, 1.82) is 0 Å². The Morgan fingerprint density at radius 1 is 1.46 bits per heavy atom. The number of aromatic hydroxyl groups is 1. The summed E-state index contributed by atoms with van der Waals surface area (Å²) >= 11 is 1.05. The van der Waals surface area contributed by atoms with E-state index in [2.05, 4.69) is 20.7 Å². The monoisotopic (exact) mass is 453 g/mol. The van der Waals surface area contributed by atoms with Crippen LogP contribution in [0.25, 0.3) is 11.3 Å². The van der Waals surface area contributed by atoms with Crippen LogP contribution >= 0.6 is 15.9 Å². The number of hydrogen-bond donors (Lipinski definition) is 3. The van der Waals surface area contributed by atoms with Crippen LogP contribution in [0.3, 0.4) is 0 Å². The van der Waals surface area contributed by atoms with Gasteiger partial charge in [0.05, 0.1) is 10.4 Å². The van der Waals surface area contributed by atoms with E-state index in [9.17, 15) is 22.9 Å². The Morgan fingerprint density at radius 2 is 2.15 bits per heavy atom. The molecule has 0 aliphatic heterocycles. The molecule has 2 aromatic rings. The molecule has 0 bridgehead atoms. The summed E-state index contributed by atoms with van der Waals surface area (Å²) in [5, 5.41) is 10.3. The minimum absolute atomic E-state index is 0.0260. The first-order valence-corrected chi connectivity index (χ1v) is 9.20. The van der Waals surface area contributed by atoms with Crippen LogP contribution in [0.4, 0.5) is 8.78 Å². The lowest BCUT2D eigenvalue weighted by atomic mass is 10.1. The van der Waals surface area contributed by atoms with Gasteiger partial charge in [-0.15, -0.1) is 0 Å². The Balaban J connectivity index is 2.43.